The van der Waals surface area contributed by atoms with Crippen molar-refractivity contribution in [2.75, 3.05) is 41.4 Å². The first-order valence-corrected chi connectivity index (χ1v) is 11.5. The summed E-state index contributed by atoms with van der Waals surface area (Å²) in [6.45, 7) is 0.196. The van der Waals surface area contributed by atoms with E-state index >= 15 is 0 Å². The predicted molar refractivity (Wildman–Crippen MR) is 141 cm³/mol. The van der Waals surface area contributed by atoms with Crippen molar-refractivity contribution in [3.63, 3.8) is 0 Å². The van der Waals surface area contributed by atoms with Crippen LogP contribution in [0.4, 0.5) is 29.5 Å². The third-order valence-corrected chi connectivity index (χ3v) is 5.05. The fourth-order valence-corrected chi connectivity index (χ4v) is 3.15. The summed E-state index contributed by atoms with van der Waals surface area (Å²) in [6, 6.07) is 7.28. The molecule has 0 saturated carbocycles. The van der Waals surface area contributed by atoms with Crippen LogP contribution in [0.5, 0.6) is 5.75 Å². The standard InChI is InChI=1S/C21H26ClN13O3/c22-14-16(24)31-15(23)13(30-14)17(37)32-18(25)28-8-2-1-3-10-4-6-11(7-5-10)38-9-12(36)29-21-34-19(26)33-20(27)35-21/h4-7H,1-3,8-9H2,(H4,23,24,31)(H3,25,28,32,37)(H5,26,27,29,33,34,35,36). The molecule has 0 bridgehead atoms. The van der Waals surface area contributed by atoms with Crippen LogP contribution in [0.15, 0.2) is 24.3 Å². The van der Waals surface area contributed by atoms with Gasteiger partial charge in [-0.15, -0.1) is 0 Å². The molecule has 0 aliphatic carbocycles. The van der Waals surface area contributed by atoms with Crippen LogP contribution in [-0.2, 0) is 11.2 Å². The van der Waals surface area contributed by atoms with Gasteiger partial charge in [0.1, 0.15) is 5.75 Å². The number of nitrogens with zero attached hydrogens (tertiary/aromatic N) is 5. The monoisotopic (exact) mass is 543 g/mol. The maximum Gasteiger partial charge on any atom is 0.280 e. The highest BCUT2D eigenvalue weighted by molar-refractivity contribution is 6.31. The summed E-state index contributed by atoms with van der Waals surface area (Å²) in [5, 5.41) is 15.3. The highest BCUT2D eigenvalue weighted by Gasteiger charge is 2.17. The second-order valence-electron chi connectivity index (χ2n) is 7.70. The van der Waals surface area contributed by atoms with E-state index in [0.29, 0.717) is 12.3 Å². The zero-order chi connectivity index (χ0) is 27.7. The molecular formula is C21H26ClN13O3. The molecule has 2 aromatic heterocycles. The van der Waals surface area contributed by atoms with E-state index in [-0.39, 0.29) is 52.9 Å². The minimum atomic E-state index is -0.728. The summed E-state index contributed by atoms with van der Waals surface area (Å²) >= 11 is 5.77. The molecule has 0 aliphatic rings. The van der Waals surface area contributed by atoms with E-state index in [1.165, 1.54) is 0 Å². The lowest BCUT2D eigenvalue weighted by Gasteiger charge is -2.10. The number of hydrogen-bond acceptors (Lipinski definition) is 13. The van der Waals surface area contributed by atoms with Crippen LogP contribution in [-0.4, -0.2) is 55.8 Å². The minimum absolute atomic E-state index is 0.0586. The number of anilines is 5. The van der Waals surface area contributed by atoms with Crippen molar-refractivity contribution in [3.05, 3.63) is 40.7 Å². The highest BCUT2D eigenvalue weighted by Crippen LogP contribution is 2.17. The van der Waals surface area contributed by atoms with Gasteiger partial charge in [-0.1, -0.05) is 23.7 Å². The number of benzene rings is 1. The summed E-state index contributed by atoms with van der Waals surface area (Å²) < 4.78 is 5.46. The molecule has 0 spiro atoms. The van der Waals surface area contributed by atoms with Crippen molar-refractivity contribution in [2.24, 2.45) is 0 Å². The van der Waals surface area contributed by atoms with Crippen LogP contribution < -0.4 is 43.6 Å². The molecule has 0 atom stereocenters. The van der Waals surface area contributed by atoms with E-state index in [1.54, 1.807) is 12.1 Å². The van der Waals surface area contributed by atoms with Gasteiger partial charge in [-0.25, -0.2) is 9.97 Å². The third kappa shape index (κ3) is 8.30. The first kappa shape index (κ1) is 27.6. The van der Waals surface area contributed by atoms with Crippen molar-refractivity contribution < 1.29 is 14.3 Å². The summed E-state index contributed by atoms with van der Waals surface area (Å²) in [5.41, 5.74) is 22.9. The normalized spacial score (nSPS) is 10.4. The second-order valence-corrected chi connectivity index (χ2v) is 8.06. The number of amides is 2. The molecule has 16 nitrogen and oxygen atoms in total. The minimum Gasteiger partial charge on any atom is -0.484 e. The summed E-state index contributed by atoms with van der Waals surface area (Å²) in [7, 11) is 0. The van der Waals surface area contributed by atoms with Crippen LogP contribution in [0.1, 0.15) is 28.9 Å². The largest absolute Gasteiger partial charge is 0.484 e. The summed E-state index contributed by atoms with van der Waals surface area (Å²) in [6.07, 6.45) is 2.33. The number of ether oxygens (including phenoxy) is 1. The molecule has 2 heterocycles. The Morgan fingerprint density at radius 3 is 2.29 bits per heavy atom. The van der Waals surface area contributed by atoms with Crippen molar-refractivity contribution in [3.8, 4) is 5.75 Å². The molecule has 38 heavy (non-hydrogen) atoms. The Morgan fingerprint density at radius 2 is 1.61 bits per heavy atom. The lowest BCUT2D eigenvalue weighted by Crippen LogP contribution is -2.41. The molecule has 3 aromatic rings. The van der Waals surface area contributed by atoms with Gasteiger partial charge < -0.3 is 33.0 Å². The third-order valence-electron chi connectivity index (χ3n) is 4.77. The van der Waals surface area contributed by atoms with Gasteiger partial charge >= 0.3 is 0 Å². The van der Waals surface area contributed by atoms with Gasteiger partial charge in [-0.05, 0) is 37.0 Å². The van der Waals surface area contributed by atoms with Crippen LogP contribution in [0.3, 0.4) is 0 Å². The Morgan fingerprint density at radius 1 is 0.921 bits per heavy atom. The summed E-state index contributed by atoms with van der Waals surface area (Å²) in [5.74, 6) is -1.46. The number of hydrogen-bond donors (Lipinski definition) is 8. The van der Waals surface area contributed by atoms with Gasteiger partial charge in [0, 0.05) is 6.54 Å². The van der Waals surface area contributed by atoms with Gasteiger partial charge in [-0.2, -0.15) is 15.0 Å². The molecule has 0 radical (unpaired) electrons. The van der Waals surface area contributed by atoms with Gasteiger partial charge in [-0.3, -0.25) is 25.6 Å². The van der Waals surface area contributed by atoms with Crippen molar-refractivity contribution >= 4 is 58.9 Å². The van der Waals surface area contributed by atoms with E-state index in [0.717, 1.165) is 24.8 Å². The number of nitrogen functional groups attached to an aromatic ring is 4. The number of unbranched alkanes of at least 4 members (excludes halogenated alkanes) is 1. The Balaban J connectivity index is 1.33. The van der Waals surface area contributed by atoms with Crippen molar-refractivity contribution in [2.45, 2.75) is 19.3 Å². The number of nitrogens with one attached hydrogen (secondary N) is 4. The fourth-order valence-electron chi connectivity index (χ4n) is 3.02. The van der Waals surface area contributed by atoms with E-state index < -0.39 is 11.8 Å². The van der Waals surface area contributed by atoms with Crippen molar-refractivity contribution in [1.29, 1.82) is 5.41 Å². The smallest absolute Gasteiger partial charge is 0.280 e. The molecule has 0 saturated heterocycles. The second kappa shape index (κ2) is 12.8. The number of aryl methyl sites for hydroxylation is 1. The van der Waals surface area contributed by atoms with E-state index in [1.807, 2.05) is 12.1 Å². The zero-order valence-corrected chi connectivity index (χ0v) is 20.7. The maximum atomic E-state index is 12.2. The quantitative estimate of drug-likeness (QED) is 0.0945. The van der Waals surface area contributed by atoms with Crippen LogP contribution in [0.25, 0.3) is 0 Å². The number of carbonyl (C=O) groups excluding carboxylic acids is 2. The Bertz CT molecular complexity index is 1300. The predicted octanol–water partition coefficient (Wildman–Crippen LogP) is -0.0616. The average molecular weight is 544 g/mol. The van der Waals surface area contributed by atoms with Gasteiger partial charge in [0.05, 0.1) is 0 Å². The van der Waals surface area contributed by atoms with Crippen LogP contribution >= 0.6 is 11.6 Å². The van der Waals surface area contributed by atoms with Crippen LogP contribution in [0.2, 0.25) is 5.15 Å². The topological polar surface area (TPSA) is 272 Å². The molecular weight excluding hydrogens is 518 g/mol. The molecule has 17 heteroatoms. The number of guanidine groups is 1. The zero-order valence-electron chi connectivity index (χ0n) is 20.0. The average Bonchev–Trinajstić information content (AvgIpc) is 2.84. The fraction of sp³-hybridized carbons (Fsp3) is 0.238. The molecule has 0 fully saturated rings. The maximum absolute atomic E-state index is 12.2. The number of aromatic nitrogens is 5. The lowest BCUT2D eigenvalue weighted by molar-refractivity contribution is -0.118. The first-order valence-electron chi connectivity index (χ1n) is 11.1. The van der Waals surface area contributed by atoms with Gasteiger partial charge in [0.2, 0.25) is 17.8 Å². The Hall–Kier alpha value is -4.99. The molecule has 1 aromatic carbocycles. The number of halogens is 1. The number of nitrogens with two attached hydrogens (primary N) is 4. The van der Waals surface area contributed by atoms with Crippen LogP contribution in [0, 0.1) is 5.41 Å². The number of rotatable bonds is 10. The molecule has 2 amide bonds. The van der Waals surface area contributed by atoms with E-state index in [2.05, 4.69) is 40.9 Å². The molecule has 0 aliphatic heterocycles. The lowest BCUT2D eigenvalue weighted by atomic mass is 10.1. The highest BCUT2D eigenvalue weighted by atomic mass is 35.5. The van der Waals surface area contributed by atoms with Gasteiger partial charge in [0.15, 0.2) is 35.0 Å². The van der Waals surface area contributed by atoms with E-state index in [9.17, 15) is 9.59 Å². The van der Waals surface area contributed by atoms with Crippen molar-refractivity contribution in [1.82, 2.24) is 35.6 Å². The molecule has 3 rings (SSSR count). The molecule has 200 valence electrons. The number of carbonyl (C=O) groups is 2. The SMILES string of the molecule is N=C(NCCCCc1ccc(OCC(=O)Nc2nc(N)nc(N)n2)cc1)NC(=O)c1nc(Cl)c(N)nc1N. The Labute approximate surface area is 221 Å². The van der Waals surface area contributed by atoms with Gasteiger partial charge in [0.25, 0.3) is 11.8 Å². The van der Waals surface area contributed by atoms with E-state index in [4.69, 9.17) is 44.7 Å². The molecule has 0 unspecified atom stereocenters. The summed E-state index contributed by atoms with van der Waals surface area (Å²) in [4.78, 5) is 42.9. The Kier molecular flexibility index (Phi) is 9.31. The molecule has 12 N–H and O–H groups in total. The first-order chi connectivity index (χ1) is 18.1.